The van der Waals surface area contributed by atoms with Gasteiger partial charge in [0.1, 0.15) is 0 Å². The molecule has 17 heavy (non-hydrogen) atoms. The summed E-state index contributed by atoms with van der Waals surface area (Å²) in [5.41, 5.74) is 0. The molecule has 3 saturated heterocycles. The fourth-order valence-electron chi connectivity index (χ4n) is 3.88. The maximum Gasteiger partial charge on any atom is 0.0789 e. The van der Waals surface area contributed by atoms with Crippen molar-refractivity contribution in [1.82, 2.24) is 0 Å². The van der Waals surface area contributed by atoms with Gasteiger partial charge in [-0.15, -0.1) is 0 Å². The van der Waals surface area contributed by atoms with E-state index in [2.05, 4.69) is 6.92 Å². The second-order valence-electron chi connectivity index (χ2n) is 6.59. The van der Waals surface area contributed by atoms with E-state index in [1.165, 1.54) is 94.9 Å². The number of nitrogens with zero attached hydrogens (tertiary/aromatic N) is 1. The van der Waals surface area contributed by atoms with Crippen LogP contribution in [0.4, 0.5) is 0 Å². The van der Waals surface area contributed by atoms with Crippen LogP contribution in [-0.4, -0.2) is 30.7 Å². The third-order valence-electron chi connectivity index (χ3n) is 5.27. The smallest absolute Gasteiger partial charge is 0.0789 e. The van der Waals surface area contributed by atoms with E-state index >= 15 is 0 Å². The first-order chi connectivity index (χ1) is 8.35. The molecule has 3 aliphatic rings. The van der Waals surface area contributed by atoms with Crippen LogP contribution in [0.5, 0.6) is 0 Å². The summed E-state index contributed by atoms with van der Waals surface area (Å²) in [6.07, 6.45) is 14.9. The lowest BCUT2D eigenvalue weighted by Gasteiger charge is -2.49. The van der Waals surface area contributed by atoms with E-state index < -0.39 is 0 Å². The molecule has 0 spiro atoms. The average molecular weight is 238 g/mol. The van der Waals surface area contributed by atoms with Gasteiger partial charge in [-0.1, -0.05) is 39.0 Å². The molecule has 0 unspecified atom stereocenters. The largest absolute Gasteiger partial charge is 0.324 e. The second kappa shape index (κ2) is 6.78. The van der Waals surface area contributed by atoms with Gasteiger partial charge >= 0.3 is 0 Å². The number of quaternary nitrogens is 1. The highest BCUT2D eigenvalue weighted by atomic mass is 15.4. The quantitative estimate of drug-likeness (QED) is 0.435. The zero-order valence-corrected chi connectivity index (χ0v) is 11.9. The molecule has 0 N–H and O–H groups in total. The number of fused-ring (bicyclic) bond motifs is 3. The predicted molar refractivity (Wildman–Crippen MR) is 75.1 cm³/mol. The van der Waals surface area contributed by atoms with Crippen LogP contribution < -0.4 is 0 Å². The Morgan fingerprint density at radius 1 is 0.765 bits per heavy atom. The summed E-state index contributed by atoms with van der Waals surface area (Å²) in [5.74, 6) is 1.11. The molecule has 0 aliphatic carbocycles. The van der Waals surface area contributed by atoms with Crippen LogP contribution in [0.3, 0.4) is 0 Å². The second-order valence-corrected chi connectivity index (χ2v) is 6.59. The molecule has 3 heterocycles. The number of piperidine rings is 3. The van der Waals surface area contributed by atoms with Crippen molar-refractivity contribution >= 4 is 0 Å². The molecule has 0 saturated carbocycles. The Bertz CT molecular complexity index is 190. The molecule has 1 heteroatoms. The number of hydrogen-bond donors (Lipinski definition) is 0. The molecular weight excluding hydrogens is 206 g/mol. The van der Waals surface area contributed by atoms with Crippen LogP contribution >= 0.6 is 0 Å². The summed E-state index contributed by atoms with van der Waals surface area (Å²) in [6, 6.07) is 0. The van der Waals surface area contributed by atoms with Gasteiger partial charge in [-0.2, -0.15) is 0 Å². The summed E-state index contributed by atoms with van der Waals surface area (Å²) in [5, 5.41) is 0. The minimum Gasteiger partial charge on any atom is -0.324 e. The van der Waals surface area contributed by atoms with Gasteiger partial charge in [0, 0.05) is 0 Å². The first-order valence-corrected chi connectivity index (χ1v) is 8.20. The molecule has 0 aromatic rings. The summed E-state index contributed by atoms with van der Waals surface area (Å²) in [4.78, 5) is 0. The van der Waals surface area contributed by atoms with Crippen LogP contribution in [0.2, 0.25) is 0 Å². The first kappa shape index (κ1) is 13.4. The predicted octanol–water partition coefficient (Wildman–Crippen LogP) is 4.37. The maximum atomic E-state index is 2.30. The number of rotatable bonds is 8. The number of unbranched alkanes of at least 4 members (excludes halogenated alkanes) is 6. The Morgan fingerprint density at radius 3 is 1.88 bits per heavy atom. The summed E-state index contributed by atoms with van der Waals surface area (Å²) < 4.78 is 1.51. The SMILES string of the molecule is CCCCCCCCC[N+]12CCC(CC1)CC2. The molecular formula is C16H32N+. The zero-order valence-electron chi connectivity index (χ0n) is 11.9. The van der Waals surface area contributed by atoms with Crippen molar-refractivity contribution in [2.24, 2.45) is 5.92 Å². The minimum atomic E-state index is 1.11. The van der Waals surface area contributed by atoms with Crippen molar-refractivity contribution in [3.8, 4) is 0 Å². The standard InChI is InChI=1S/C16H32N/c1-2-3-4-5-6-7-8-12-17-13-9-16(10-14-17)11-15-17/h16H,2-15H2,1H3/q+1. The highest BCUT2D eigenvalue weighted by Gasteiger charge is 2.38. The molecule has 0 atom stereocenters. The van der Waals surface area contributed by atoms with E-state index in [4.69, 9.17) is 0 Å². The third kappa shape index (κ3) is 3.98. The fraction of sp³-hybridized carbons (Fsp3) is 1.00. The van der Waals surface area contributed by atoms with Gasteiger partial charge in [0.2, 0.25) is 0 Å². The lowest BCUT2D eigenvalue weighted by atomic mass is 9.85. The van der Waals surface area contributed by atoms with Gasteiger partial charge in [-0.3, -0.25) is 0 Å². The third-order valence-corrected chi connectivity index (χ3v) is 5.27. The molecule has 0 aromatic carbocycles. The molecule has 0 radical (unpaired) electrons. The Hall–Kier alpha value is -0.0400. The zero-order chi connectivity index (χ0) is 12.0. The Labute approximate surface area is 108 Å². The molecule has 3 aliphatic heterocycles. The lowest BCUT2D eigenvalue weighted by Crippen LogP contribution is -2.58. The van der Waals surface area contributed by atoms with Gasteiger partial charge in [-0.25, -0.2) is 0 Å². The van der Waals surface area contributed by atoms with Crippen molar-refractivity contribution in [3.63, 3.8) is 0 Å². The molecule has 0 amide bonds. The van der Waals surface area contributed by atoms with Gasteiger partial charge in [0.15, 0.2) is 0 Å². The summed E-state index contributed by atoms with van der Waals surface area (Å²) in [6.45, 7) is 8.35. The van der Waals surface area contributed by atoms with Crippen molar-refractivity contribution in [3.05, 3.63) is 0 Å². The molecule has 3 rings (SSSR count). The topological polar surface area (TPSA) is 0 Å². The highest BCUT2D eigenvalue weighted by molar-refractivity contribution is 4.71. The van der Waals surface area contributed by atoms with Crippen molar-refractivity contribution in [2.45, 2.75) is 71.1 Å². The fourth-order valence-corrected chi connectivity index (χ4v) is 3.88. The van der Waals surface area contributed by atoms with Crippen molar-refractivity contribution < 1.29 is 4.48 Å². The monoisotopic (exact) mass is 238 g/mol. The van der Waals surface area contributed by atoms with E-state index in [0.717, 1.165) is 5.92 Å². The maximum absolute atomic E-state index is 2.30. The van der Waals surface area contributed by atoms with E-state index in [1.807, 2.05) is 0 Å². The van der Waals surface area contributed by atoms with Crippen LogP contribution in [0.25, 0.3) is 0 Å². The Morgan fingerprint density at radius 2 is 1.29 bits per heavy atom. The normalized spacial score (nSPS) is 31.9. The van der Waals surface area contributed by atoms with Crippen LogP contribution in [0.15, 0.2) is 0 Å². The highest BCUT2D eigenvalue weighted by Crippen LogP contribution is 2.33. The molecule has 3 fully saturated rings. The van der Waals surface area contributed by atoms with Gasteiger partial charge < -0.3 is 4.48 Å². The van der Waals surface area contributed by atoms with E-state index in [9.17, 15) is 0 Å². The minimum absolute atomic E-state index is 1.11. The first-order valence-electron chi connectivity index (χ1n) is 8.20. The van der Waals surface area contributed by atoms with Crippen molar-refractivity contribution in [2.75, 3.05) is 26.2 Å². The molecule has 1 nitrogen and oxygen atoms in total. The van der Waals surface area contributed by atoms with Crippen molar-refractivity contribution in [1.29, 1.82) is 0 Å². The molecule has 0 aromatic heterocycles. The molecule has 100 valence electrons. The summed E-state index contributed by atoms with van der Waals surface area (Å²) >= 11 is 0. The van der Waals surface area contributed by atoms with Gasteiger partial charge in [0.05, 0.1) is 26.2 Å². The van der Waals surface area contributed by atoms with E-state index in [-0.39, 0.29) is 0 Å². The lowest BCUT2D eigenvalue weighted by molar-refractivity contribution is -0.942. The van der Waals surface area contributed by atoms with Gasteiger partial charge in [-0.05, 0) is 38.0 Å². The van der Waals surface area contributed by atoms with Crippen LogP contribution in [0.1, 0.15) is 71.1 Å². The summed E-state index contributed by atoms with van der Waals surface area (Å²) in [7, 11) is 0. The van der Waals surface area contributed by atoms with Crippen LogP contribution in [0, 0.1) is 5.92 Å². The van der Waals surface area contributed by atoms with E-state index in [1.54, 1.807) is 0 Å². The average Bonchev–Trinajstić information content (AvgIpc) is 2.40. The molecule has 2 bridgehead atoms. The Balaban J connectivity index is 1.52. The van der Waals surface area contributed by atoms with Crippen LogP contribution in [-0.2, 0) is 0 Å². The van der Waals surface area contributed by atoms with Gasteiger partial charge in [0.25, 0.3) is 0 Å². The Kier molecular flexibility index (Phi) is 5.34. The van der Waals surface area contributed by atoms with E-state index in [0.29, 0.717) is 0 Å². The number of hydrogen-bond acceptors (Lipinski definition) is 0.